The number of carbonyl (C=O) groups excluding carboxylic acids is 2. The highest BCUT2D eigenvalue weighted by Gasteiger charge is 2.13. The summed E-state index contributed by atoms with van der Waals surface area (Å²) in [6, 6.07) is 6.63. The van der Waals surface area contributed by atoms with Crippen LogP contribution in [0.25, 0.3) is 0 Å². The van der Waals surface area contributed by atoms with Gasteiger partial charge in [0.05, 0.1) is 0 Å². The smallest absolute Gasteiger partial charge is 0.330 e. The lowest BCUT2D eigenvalue weighted by atomic mass is 10.3. The van der Waals surface area contributed by atoms with Gasteiger partial charge in [-0.25, -0.2) is 9.59 Å². The van der Waals surface area contributed by atoms with Crippen LogP contribution in [-0.2, 0) is 19.1 Å². The second-order valence-corrected chi connectivity index (χ2v) is 5.04. The fourth-order valence-electron chi connectivity index (χ4n) is 1.63. The number of aliphatic hydroxyl groups is 2. The average Bonchev–Trinajstić information content (AvgIpc) is 2.67. The lowest BCUT2D eigenvalue weighted by Gasteiger charge is -2.16. The highest BCUT2D eigenvalue weighted by molar-refractivity contribution is 5.81. The summed E-state index contributed by atoms with van der Waals surface area (Å²) in [6.07, 6.45) is -0.0744. The molecule has 0 amide bonds. The second-order valence-electron chi connectivity index (χ2n) is 5.04. The highest BCUT2D eigenvalue weighted by atomic mass is 16.6. The van der Waals surface area contributed by atoms with Gasteiger partial charge in [-0.15, -0.1) is 0 Å². The first-order valence-corrected chi connectivity index (χ1v) is 7.75. The quantitative estimate of drug-likeness (QED) is 0.409. The number of carbonyl (C=O) groups is 2. The van der Waals surface area contributed by atoms with Crippen molar-refractivity contribution in [3.05, 3.63) is 49.6 Å². The predicted molar refractivity (Wildman–Crippen MR) is 91.8 cm³/mol. The molecule has 142 valence electrons. The number of ether oxygens (including phenoxy) is 4. The minimum absolute atomic E-state index is 0.135. The van der Waals surface area contributed by atoms with Crippen molar-refractivity contribution in [2.45, 2.75) is 12.2 Å². The third kappa shape index (κ3) is 8.32. The summed E-state index contributed by atoms with van der Waals surface area (Å²) in [5.41, 5.74) is 0. The summed E-state index contributed by atoms with van der Waals surface area (Å²) in [7, 11) is 0. The van der Waals surface area contributed by atoms with E-state index < -0.39 is 24.1 Å². The average molecular weight is 366 g/mol. The molecule has 0 aliphatic heterocycles. The molecule has 0 aromatic heterocycles. The number of para-hydroxylation sites is 2. The highest BCUT2D eigenvalue weighted by Crippen LogP contribution is 2.26. The molecule has 1 rings (SSSR count). The maximum atomic E-state index is 10.9. The zero-order valence-electron chi connectivity index (χ0n) is 14.2. The Labute approximate surface area is 151 Å². The molecule has 8 nitrogen and oxygen atoms in total. The Morgan fingerprint density at radius 1 is 0.846 bits per heavy atom. The van der Waals surface area contributed by atoms with Crippen LogP contribution < -0.4 is 9.47 Å². The summed E-state index contributed by atoms with van der Waals surface area (Å²) in [4.78, 5) is 21.9. The van der Waals surface area contributed by atoms with E-state index in [4.69, 9.17) is 18.9 Å². The van der Waals surface area contributed by atoms with Gasteiger partial charge in [0, 0.05) is 12.2 Å². The van der Waals surface area contributed by atoms with Gasteiger partial charge in [-0.1, -0.05) is 25.3 Å². The molecule has 0 bridgehead atoms. The summed E-state index contributed by atoms with van der Waals surface area (Å²) in [5, 5.41) is 19.5. The van der Waals surface area contributed by atoms with Crippen molar-refractivity contribution in [3.8, 4) is 11.5 Å². The normalized spacial score (nSPS) is 12.4. The van der Waals surface area contributed by atoms with E-state index in [1.165, 1.54) is 0 Å². The van der Waals surface area contributed by atoms with E-state index in [0.717, 1.165) is 12.2 Å². The van der Waals surface area contributed by atoms with E-state index in [-0.39, 0.29) is 26.4 Å². The first-order chi connectivity index (χ1) is 12.5. The SMILES string of the molecule is C=CC(=O)OCC(O)COc1ccccc1OCC(O)COC(=O)C=C. The summed E-state index contributed by atoms with van der Waals surface area (Å²) >= 11 is 0. The lowest BCUT2D eigenvalue weighted by molar-refractivity contribution is -0.142. The van der Waals surface area contributed by atoms with Gasteiger partial charge in [0.1, 0.15) is 38.6 Å². The van der Waals surface area contributed by atoms with E-state index in [2.05, 4.69) is 13.2 Å². The Bertz CT molecular complexity index is 560. The zero-order chi connectivity index (χ0) is 19.4. The van der Waals surface area contributed by atoms with Crippen molar-refractivity contribution in [1.29, 1.82) is 0 Å². The molecule has 1 aromatic rings. The lowest BCUT2D eigenvalue weighted by Crippen LogP contribution is -2.26. The maximum Gasteiger partial charge on any atom is 0.330 e. The summed E-state index contributed by atoms with van der Waals surface area (Å²) in [6.45, 7) is 5.76. The monoisotopic (exact) mass is 366 g/mol. The minimum atomic E-state index is -1.03. The van der Waals surface area contributed by atoms with Crippen molar-refractivity contribution in [2.75, 3.05) is 26.4 Å². The third-order valence-corrected chi connectivity index (χ3v) is 2.88. The molecule has 1 aromatic carbocycles. The van der Waals surface area contributed by atoms with E-state index in [9.17, 15) is 19.8 Å². The summed E-state index contributed by atoms with van der Waals surface area (Å²) < 4.78 is 20.3. The van der Waals surface area contributed by atoms with Gasteiger partial charge < -0.3 is 29.2 Å². The van der Waals surface area contributed by atoms with E-state index in [1.807, 2.05) is 0 Å². The van der Waals surface area contributed by atoms with Gasteiger partial charge in [0.15, 0.2) is 11.5 Å². The second kappa shape index (κ2) is 11.7. The Balaban J connectivity index is 2.46. The molecule has 0 spiro atoms. The minimum Gasteiger partial charge on any atom is -0.487 e. The molecule has 2 atom stereocenters. The molecule has 0 fully saturated rings. The number of esters is 2. The Morgan fingerprint density at radius 3 is 1.58 bits per heavy atom. The predicted octanol–water partition coefficient (Wildman–Crippen LogP) is 0.624. The fraction of sp³-hybridized carbons (Fsp3) is 0.333. The molecule has 2 unspecified atom stereocenters. The first kappa shape index (κ1) is 21.2. The maximum absolute atomic E-state index is 10.9. The van der Waals surface area contributed by atoms with Crippen LogP contribution in [0.2, 0.25) is 0 Å². The molecular formula is C18H22O8. The number of rotatable bonds is 12. The number of benzene rings is 1. The van der Waals surface area contributed by atoms with Crippen molar-refractivity contribution in [2.24, 2.45) is 0 Å². The van der Waals surface area contributed by atoms with Crippen LogP contribution in [0.1, 0.15) is 0 Å². The van der Waals surface area contributed by atoms with Crippen molar-refractivity contribution >= 4 is 11.9 Å². The molecule has 8 heteroatoms. The van der Waals surface area contributed by atoms with Crippen LogP contribution in [0.5, 0.6) is 11.5 Å². The molecule has 26 heavy (non-hydrogen) atoms. The van der Waals surface area contributed by atoms with Crippen molar-refractivity contribution in [1.82, 2.24) is 0 Å². The van der Waals surface area contributed by atoms with Gasteiger partial charge in [0.25, 0.3) is 0 Å². The van der Waals surface area contributed by atoms with Crippen LogP contribution in [0.4, 0.5) is 0 Å². The number of hydrogen-bond donors (Lipinski definition) is 2. The molecule has 0 aliphatic carbocycles. The van der Waals surface area contributed by atoms with Gasteiger partial charge in [0.2, 0.25) is 0 Å². The van der Waals surface area contributed by atoms with Gasteiger partial charge in [-0.05, 0) is 12.1 Å². The number of hydrogen-bond acceptors (Lipinski definition) is 8. The largest absolute Gasteiger partial charge is 0.487 e. The first-order valence-electron chi connectivity index (χ1n) is 7.75. The molecule has 0 saturated heterocycles. The van der Waals surface area contributed by atoms with Crippen LogP contribution >= 0.6 is 0 Å². The molecular weight excluding hydrogens is 344 g/mol. The summed E-state index contributed by atoms with van der Waals surface area (Å²) in [5.74, 6) is -0.619. The van der Waals surface area contributed by atoms with Crippen LogP contribution in [0.3, 0.4) is 0 Å². The fourth-order valence-corrected chi connectivity index (χ4v) is 1.63. The molecule has 0 radical (unpaired) electrons. The standard InChI is InChI=1S/C18H22O8/c1-3-17(21)25-11-13(19)9-23-15-7-5-6-8-16(15)24-10-14(20)12-26-18(22)4-2/h3-8,13-14,19-20H,1-2,9-12H2. The molecule has 0 aliphatic rings. The Hall–Kier alpha value is -2.84. The van der Waals surface area contributed by atoms with E-state index >= 15 is 0 Å². The van der Waals surface area contributed by atoms with E-state index in [0.29, 0.717) is 11.5 Å². The van der Waals surface area contributed by atoms with Crippen molar-refractivity contribution in [3.63, 3.8) is 0 Å². The number of aliphatic hydroxyl groups excluding tert-OH is 2. The van der Waals surface area contributed by atoms with Gasteiger partial charge in [-0.2, -0.15) is 0 Å². The third-order valence-electron chi connectivity index (χ3n) is 2.88. The van der Waals surface area contributed by atoms with Crippen LogP contribution in [-0.4, -0.2) is 60.8 Å². The molecule has 0 saturated carbocycles. The zero-order valence-corrected chi connectivity index (χ0v) is 14.2. The van der Waals surface area contributed by atoms with Gasteiger partial charge >= 0.3 is 11.9 Å². The van der Waals surface area contributed by atoms with Crippen LogP contribution in [0, 0.1) is 0 Å². The van der Waals surface area contributed by atoms with Crippen LogP contribution in [0.15, 0.2) is 49.6 Å². The van der Waals surface area contributed by atoms with Gasteiger partial charge in [-0.3, -0.25) is 0 Å². The topological polar surface area (TPSA) is 112 Å². The Morgan fingerprint density at radius 2 is 1.23 bits per heavy atom. The molecule has 0 heterocycles. The van der Waals surface area contributed by atoms with E-state index in [1.54, 1.807) is 24.3 Å². The Kier molecular flexibility index (Phi) is 9.52. The molecule has 2 N–H and O–H groups in total. The van der Waals surface area contributed by atoms with Crippen molar-refractivity contribution < 1.29 is 38.7 Å².